The summed E-state index contributed by atoms with van der Waals surface area (Å²) in [5, 5.41) is 10.7. The predicted octanol–water partition coefficient (Wildman–Crippen LogP) is 0.735. The molecule has 0 radical (unpaired) electrons. The van der Waals surface area contributed by atoms with Gasteiger partial charge in [-0.3, -0.25) is 4.79 Å². The van der Waals surface area contributed by atoms with Gasteiger partial charge in [-0.15, -0.1) is 0 Å². The van der Waals surface area contributed by atoms with Crippen LogP contribution in [-0.2, 0) is 9.59 Å². The molecular formula is C11H13NO6. The number of benzene rings is 1. The van der Waals surface area contributed by atoms with Gasteiger partial charge in [0.25, 0.3) is 0 Å². The average molecular weight is 255 g/mol. The molecule has 0 aliphatic heterocycles. The number of methoxy groups -OCH3 is 3. The van der Waals surface area contributed by atoms with Crippen LogP contribution in [0.3, 0.4) is 0 Å². The first-order chi connectivity index (χ1) is 8.53. The van der Waals surface area contributed by atoms with Gasteiger partial charge in [-0.1, -0.05) is 0 Å². The van der Waals surface area contributed by atoms with Gasteiger partial charge in [-0.2, -0.15) is 0 Å². The van der Waals surface area contributed by atoms with Crippen LogP contribution in [-0.4, -0.2) is 38.3 Å². The Morgan fingerprint density at radius 2 is 1.56 bits per heavy atom. The van der Waals surface area contributed by atoms with Crippen molar-refractivity contribution in [1.29, 1.82) is 0 Å². The van der Waals surface area contributed by atoms with Crippen molar-refractivity contribution in [3.8, 4) is 17.2 Å². The number of rotatable bonds is 4. The Labute approximate surface area is 103 Å². The maximum absolute atomic E-state index is 11.1. The van der Waals surface area contributed by atoms with E-state index in [1.54, 1.807) is 0 Å². The summed E-state index contributed by atoms with van der Waals surface area (Å²) in [6.07, 6.45) is 0. The van der Waals surface area contributed by atoms with Crippen molar-refractivity contribution < 1.29 is 28.9 Å². The molecule has 0 aliphatic rings. The molecule has 0 bridgehead atoms. The Hall–Kier alpha value is -2.44. The van der Waals surface area contributed by atoms with E-state index in [2.05, 4.69) is 5.32 Å². The third kappa shape index (κ3) is 2.82. The lowest BCUT2D eigenvalue weighted by molar-refractivity contribution is -0.147. The number of carbonyl (C=O) groups excluding carboxylic acids is 1. The number of carboxylic acid groups (broad SMARTS) is 1. The van der Waals surface area contributed by atoms with Crippen molar-refractivity contribution in [2.24, 2.45) is 0 Å². The van der Waals surface area contributed by atoms with E-state index in [-0.39, 0.29) is 17.2 Å². The van der Waals surface area contributed by atoms with Gasteiger partial charge in [0.05, 0.1) is 21.3 Å². The van der Waals surface area contributed by atoms with E-state index in [9.17, 15) is 9.59 Å². The van der Waals surface area contributed by atoms with Crippen LogP contribution in [0.5, 0.6) is 17.2 Å². The molecule has 0 unspecified atom stereocenters. The summed E-state index contributed by atoms with van der Waals surface area (Å²) in [4.78, 5) is 21.7. The van der Waals surface area contributed by atoms with E-state index in [0.29, 0.717) is 5.75 Å². The summed E-state index contributed by atoms with van der Waals surface area (Å²) in [6, 6.07) is 3.00. The molecule has 0 saturated carbocycles. The van der Waals surface area contributed by atoms with E-state index in [1.165, 1.54) is 33.5 Å². The number of carbonyl (C=O) groups is 2. The van der Waals surface area contributed by atoms with Gasteiger partial charge >= 0.3 is 11.9 Å². The number of ether oxygens (including phenoxy) is 3. The van der Waals surface area contributed by atoms with Crippen molar-refractivity contribution in [2.75, 3.05) is 26.6 Å². The number of amides is 1. The highest BCUT2D eigenvalue weighted by atomic mass is 16.5. The Kier molecular flexibility index (Phi) is 4.36. The molecule has 0 saturated heterocycles. The molecule has 0 aromatic heterocycles. The molecule has 98 valence electrons. The number of hydrogen-bond donors (Lipinski definition) is 2. The summed E-state index contributed by atoms with van der Waals surface area (Å²) < 4.78 is 15.1. The minimum atomic E-state index is -1.60. The number of nitrogens with one attached hydrogen (secondary N) is 1. The van der Waals surface area contributed by atoms with Crippen LogP contribution < -0.4 is 19.5 Å². The molecule has 7 heteroatoms. The quantitative estimate of drug-likeness (QED) is 0.770. The lowest BCUT2D eigenvalue weighted by Crippen LogP contribution is -2.22. The largest absolute Gasteiger partial charge is 0.496 e. The van der Waals surface area contributed by atoms with Gasteiger partial charge in [-0.25, -0.2) is 4.79 Å². The number of carboxylic acids is 1. The fourth-order valence-corrected chi connectivity index (χ4v) is 1.30. The number of anilines is 1. The molecule has 7 nitrogen and oxygen atoms in total. The molecule has 1 aromatic rings. The minimum absolute atomic E-state index is 0.133. The number of aliphatic carboxylic acids is 1. The third-order valence-electron chi connectivity index (χ3n) is 2.15. The lowest BCUT2D eigenvalue weighted by atomic mass is 10.2. The van der Waals surface area contributed by atoms with Crippen LogP contribution >= 0.6 is 0 Å². The van der Waals surface area contributed by atoms with Crippen LogP contribution in [0.1, 0.15) is 0 Å². The second-order valence-electron chi connectivity index (χ2n) is 3.17. The normalized spacial score (nSPS) is 9.50. The Bertz CT molecular complexity index is 446. The van der Waals surface area contributed by atoms with Gasteiger partial charge < -0.3 is 24.6 Å². The van der Waals surface area contributed by atoms with Gasteiger partial charge in [0.2, 0.25) is 0 Å². The molecule has 0 heterocycles. The standard InChI is InChI=1S/C11H13NO6/c1-16-6-4-7(17-2)9(8(5-6)18-3)12-10(13)11(14)15/h4-5H,1-3H3,(H,12,13)(H,14,15). The van der Waals surface area contributed by atoms with E-state index < -0.39 is 11.9 Å². The zero-order chi connectivity index (χ0) is 13.7. The van der Waals surface area contributed by atoms with Crippen molar-refractivity contribution in [2.45, 2.75) is 0 Å². The first-order valence-corrected chi connectivity index (χ1v) is 4.87. The smallest absolute Gasteiger partial charge is 0.394 e. The Balaban J connectivity index is 3.22. The summed E-state index contributed by atoms with van der Waals surface area (Å²) >= 11 is 0. The molecule has 0 fully saturated rings. The maximum Gasteiger partial charge on any atom is 0.394 e. The predicted molar refractivity (Wildman–Crippen MR) is 62.4 cm³/mol. The van der Waals surface area contributed by atoms with Crippen molar-refractivity contribution >= 4 is 17.6 Å². The molecule has 2 N–H and O–H groups in total. The molecule has 0 spiro atoms. The lowest BCUT2D eigenvalue weighted by Gasteiger charge is -2.14. The Morgan fingerprint density at radius 1 is 1.06 bits per heavy atom. The van der Waals surface area contributed by atoms with E-state index in [4.69, 9.17) is 19.3 Å². The van der Waals surface area contributed by atoms with Gasteiger partial charge in [-0.05, 0) is 0 Å². The summed E-state index contributed by atoms with van der Waals surface area (Å²) in [5.74, 6) is -1.86. The SMILES string of the molecule is COc1cc(OC)c(NC(=O)C(=O)O)c(OC)c1. The first-order valence-electron chi connectivity index (χ1n) is 4.87. The van der Waals surface area contributed by atoms with Crippen LogP contribution in [0.15, 0.2) is 12.1 Å². The molecular weight excluding hydrogens is 242 g/mol. The van der Waals surface area contributed by atoms with Crippen LogP contribution in [0, 0.1) is 0 Å². The molecule has 18 heavy (non-hydrogen) atoms. The van der Waals surface area contributed by atoms with E-state index in [1.807, 2.05) is 0 Å². The first kappa shape index (κ1) is 13.6. The van der Waals surface area contributed by atoms with Crippen LogP contribution in [0.4, 0.5) is 5.69 Å². The zero-order valence-electron chi connectivity index (χ0n) is 10.1. The highest BCUT2D eigenvalue weighted by Gasteiger charge is 2.19. The topological polar surface area (TPSA) is 94.1 Å². The second-order valence-corrected chi connectivity index (χ2v) is 3.17. The second kappa shape index (κ2) is 5.76. The van der Waals surface area contributed by atoms with E-state index in [0.717, 1.165) is 0 Å². The highest BCUT2D eigenvalue weighted by molar-refractivity contribution is 6.36. The van der Waals surface area contributed by atoms with Crippen LogP contribution in [0.25, 0.3) is 0 Å². The molecule has 1 amide bonds. The number of hydrogen-bond acceptors (Lipinski definition) is 5. The van der Waals surface area contributed by atoms with Gasteiger partial charge in [0.1, 0.15) is 22.9 Å². The molecule has 0 atom stereocenters. The minimum Gasteiger partial charge on any atom is -0.496 e. The summed E-state index contributed by atoms with van der Waals surface area (Å²) in [6.45, 7) is 0. The summed E-state index contributed by atoms with van der Waals surface area (Å²) in [5.41, 5.74) is 0.133. The average Bonchev–Trinajstić information content (AvgIpc) is 2.38. The Morgan fingerprint density at radius 3 is 1.89 bits per heavy atom. The summed E-state index contributed by atoms with van der Waals surface area (Å²) in [7, 11) is 4.22. The van der Waals surface area contributed by atoms with E-state index >= 15 is 0 Å². The van der Waals surface area contributed by atoms with Crippen molar-refractivity contribution in [1.82, 2.24) is 0 Å². The molecule has 0 aliphatic carbocycles. The fraction of sp³-hybridized carbons (Fsp3) is 0.273. The third-order valence-corrected chi connectivity index (χ3v) is 2.15. The monoisotopic (exact) mass is 255 g/mol. The van der Waals surface area contributed by atoms with Gasteiger partial charge in [0, 0.05) is 12.1 Å². The zero-order valence-corrected chi connectivity index (χ0v) is 10.1. The van der Waals surface area contributed by atoms with Crippen LogP contribution in [0.2, 0.25) is 0 Å². The van der Waals surface area contributed by atoms with Crippen molar-refractivity contribution in [3.05, 3.63) is 12.1 Å². The highest BCUT2D eigenvalue weighted by Crippen LogP contribution is 2.38. The maximum atomic E-state index is 11.1. The fourth-order valence-electron chi connectivity index (χ4n) is 1.30. The molecule has 1 rings (SSSR count). The molecule has 1 aromatic carbocycles. The van der Waals surface area contributed by atoms with Crippen molar-refractivity contribution in [3.63, 3.8) is 0 Å². The van der Waals surface area contributed by atoms with Gasteiger partial charge in [0.15, 0.2) is 0 Å².